The Balaban J connectivity index is 2.33. The third kappa shape index (κ3) is 0.983. The van der Waals surface area contributed by atoms with Gasteiger partial charge in [0.2, 0.25) is 0 Å². The van der Waals surface area contributed by atoms with E-state index in [4.69, 9.17) is 0 Å². The van der Waals surface area contributed by atoms with Crippen LogP contribution < -0.4 is 0 Å². The number of hydrogen-bond donors (Lipinski definition) is 0. The number of likely N-dealkylation sites (N-methyl/N-ethyl adjacent to an activating group) is 1. The van der Waals surface area contributed by atoms with Gasteiger partial charge in [0.05, 0.1) is 0 Å². The van der Waals surface area contributed by atoms with Gasteiger partial charge in [-0.25, -0.2) is 0 Å². The third-order valence-electron chi connectivity index (χ3n) is 2.69. The smallest absolute Gasteiger partial charge is 0.0309 e. The van der Waals surface area contributed by atoms with Gasteiger partial charge in [-0.1, -0.05) is 13.3 Å². The van der Waals surface area contributed by atoms with E-state index < -0.39 is 0 Å². The van der Waals surface area contributed by atoms with Gasteiger partial charge in [-0.05, 0) is 27.3 Å². The Hall–Kier alpha value is -0.0400. The van der Waals surface area contributed by atoms with Crippen molar-refractivity contribution in [2.24, 2.45) is 0 Å². The monoisotopic (exact) mass is 127 g/mol. The second kappa shape index (κ2) is 1.98. The van der Waals surface area contributed by atoms with E-state index >= 15 is 0 Å². The molecular weight excluding hydrogens is 110 g/mol. The van der Waals surface area contributed by atoms with Crippen LogP contribution >= 0.6 is 0 Å². The van der Waals surface area contributed by atoms with E-state index in [1.54, 1.807) is 0 Å². The predicted molar refractivity (Wildman–Crippen MR) is 40.5 cm³/mol. The van der Waals surface area contributed by atoms with Gasteiger partial charge in [0.15, 0.2) is 0 Å². The highest BCUT2D eigenvalue weighted by Gasteiger charge is 2.51. The van der Waals surface area contributed by atoms with Crippen LogP contribution in [0.15, 0.2) is 0 Å². The molecular formula is C8H17N. The fourth-order valence-corrected chi connectivity index (χ4v) is 1.59. The number of rotatable bonds is 2. The molecule has 0 aromatic rings. The molecule has 0 N–H and O–H groups in total. The lowest BCUT2D eigenvalue weighted by molar-refractivity contribution is 0.517. The minimum atomic E-state index is 0.510. The van der Waals surface area contributed by atoms with Crippen molar-refractivity contribution in [1.82, 2.24) is 4.90 Å². The first-order valence-corrected chi connectivity index (χ1v) is 3.83. The van der Waals surface area contributed by atoms with Crippen molar-refractivity contribution in [1.29, 1.82) is 0 Å². The Kier molecular flexibility index (Phi) is 1.55. The van der Waals surface area contributed by atoms with Gasteiger partial charge in [0.1, 0.15) is 0 Å². The van der Waals surface area contributed by atoms with E-state index in [-0.39, 0.29) is 0 Å². The van der Waals surface area contributed by atoms with Crippen LogP contribution in [0.25, 0.3) is 0 Å². The maximum absolute atomic E-state index is 2.44. The Morgan fingerprint density at radius 1 is 1.44 bits per heavy atom. The Bertz CT molecular complexity index is 107. The van der Waals surface area contributed by atoms with Crippen molar-refractivity contribution in [3.8, 4) is 0 Å². The van der Waals surface area contributed by atoms with Crippen LogP contribution in [0.4, 0.5) is 0 Å². The molecule has 0 amide bonds. The molecule has 1 heterocycles. The van der Waals surface area contributed by atoms with Crippen LogP contribution in [-0.2, 0) is 0 Å². The molecule has 0 aromatic heterocycles. The second-order valence-corrected chi connectivity index (χ2v) is 3.57. The van der Waals surface area contributed by atoms with Crippen molar-refractivity contribution in [3.05, 3.63) is 0 Å². The molecule has 0 aliphatic carbocycles. The molecule has 54 valence electrons. The lowest BCUT2D eigenvalue weighted by atomic mass is 10.1. The van der Waals surface area contributed by atoms with Crippen molar-refractivity contribution in [3.63, 3.8) is 0 Å². The SMILES string of the molecule is CCCC1N(C)C1(C)C. The molecule has 1 rings (SSSR count). The minimum absolute atomic E-state index is 0.510. The van der Waals surface area contributed by atoms with Gasteiger partial charge in [-0.15, -0.1) is 0 Å². The molecule has 2 unspecified atom stereocenters. The molecule has 1 aliphatic heterocycles. The molecule has 1 heteroatoms. The highest BCUT2D eigenvalue weighted by atomic mass is 15.4. The Morgan fingerprint density at radius 2 is 1.89 bits per heavy atom. The first kappa shape index (κ1) is 7.07. The van der Waals surface area contributed by atoms with Crippen LogP contribution in [-0.4, -0.2) is 23.5 Å². The van der Waals surface area contributed by atoms with Gasteiger partial charge in [0.25, 0.3) is 0 Å². The second-order valence-electron chi connectivity index (χ2n) is 3.57. The van der Waals surface area contributed by atoms with Gasteiger partial charge >= 0.3 is 0 Å². The van der Waals surface area contributed by atoms with Crippen molar-refractivity contribution < 1.29 is 0 Å². The maximum atomic E-state index is 2.44. The molecule has 1 aliphatic rings. The van der Waals surface area contributed by atoms with Crippen molar-refractivity contribution in [2.45, 2.75) is 45.2 Å². The van der Waals surface area contributed by atoms with E-state index in [1.807, 2.05) is 0 Å². The number of hydrogen-bond acceptors (Lipinski definition) is 1. The van der Waals surface area contributed by atoms with Crippen LogP contribution in [0.5, 0.6) is 0 Å². The first-order valence-electron chi connectivity index (χ1n) is 3.83. The van der Waals surface area contributed by atoms with E-state index in [0.29, 0.717) is 5.54 Å². The summed E-state index contributed by atoms with van der Waals surface area (Å²) in [5, 5.41) is 0. The number of nitrogens with zero attached hydrogens (tertiary/aromatic N) is 1. The summed E-state index contributed by atoms with van der Waals surface area (Å²) in [6.45, 7) is 6.88. The summed E-state index contributed by atoms with van der Waals surface area (Å²) in [5.41, 5.74) is 0.510. The molecule has 2 atom stereocenters. The zero-order chi connectivity index (χ0) is 7.07. The standard InChI is InChI=1S/C8H17N/c1-5-6-7-8(2,3)9(7)4/h7H,5-6H2,1-4H3. The van der Waals surface area contributed by atoms with Crippen LogP contribution in [0.2, 0.25) is 0 Å². The van der Waals surface area contributed by atoms with Crippen LogP contribution in [0.1, 0.15) is 33.6 Å². The minimum Gasteiger partial charge on any atom is -0.295 e. The maximum Gasteiger partial charge on any atom is 0.0309 e. The van der Waals surface area contributed by atoms with Gasteiger partial charge in [-0.3, -0.25) is 4.90 Å². The summed E-state index contributed by atoms with van der Waals surface area (Å²) < 4.78 is 0. The molecule has 9 heavy (non-hydrogen) atoms. The first-order chi connectivity index (χ1) is 4.10. The van der Waals surface area contributed by atoms with E-state index in [1.165, 1.54) is 12.8 Å². The summed E-state index contributed by atoms with van der Waals surface area (Å²) >= 11 is 0. The quantitative estimate of drug-likeness (QED) is 0.512. The Morgan fingerprint density at radius 3 is 2.00 bits per heavy atom. The summed E-state index contributed by atoms with van der Waals surface area (Å²) in [6, 6.07) is 0.863. The van der Waals surface area contributed by atoms with Crippen LogP contribution in [0.3, 0.4) is 0 Å². The molecule has 0 radical (unpaired) electrons. The molecule has 1 saturated heterocycles. The van der Waals surface area contributed by atoms with E-state index in [0.717, 1.165) is 6.04 Å². The molecule has 0 spiro atoms. The topological polar surface area (TPSA) is 3.01 Å². The zero-order valence-corrected chi connectivity index (χ0v) is 6.94. The third-order valence-corrected chi connectivity index (χ3v) is 2.69. The largest absolute Gasteiger partial charge is 0.295 e. The molecule has 0 saturated carbocycles. The zero-order valence-electron chi connectivity index (χ0n) is 6.94. The highest BCUT2D eigenvalue weighted by molar-refractivity contribution is 5.08. The molecule has 1 fully saturated rings. The van der Waals surface area contributed by atoms with Gasteiger partial charge in [-0.2, -0.15) is 0 Å². The summed E-state index contributed by atoms with van der Waals surface area (Å²) in [4.78, 5) is 2.44. The summed E-state index contributed by atoms with van der Waals surface area (Å²) in [6.07, 6.45) is 2.68. The normalized spacial score (nSPS) is 38.7. The van der Waals surface area contributed by atoms with Crippen LogP contribution in [0, 0.1) is 0 Å². The summed E-state index contributed by atoms with van der Waals surface area (Å²) in [7, 11) is 2.21. The highest BCUT2D eigenvalue weighted by Crippen LogP contribution is 2.40. The average Bonchev–Trinajstić information content (AvgIpc) is 2.19. The van der Waals surface area contributed by atoms with Crippen molar-refractivity contribution >= 4 is 0 Å². The molecule has 0 bridgehead atoms. The fraction of sp³-hybridized carbons (Fsp3) is 1.00. The Labute approximate surface area is 58.0 Å². The van der Waals surface area contributed by atoms with Gasteiger partial charge in [0, 0.05) is 11.6 Å². The van der Waals surface area contributed by atoms with E-state index in [9.17, 15) is 0 Å². The average molecular weight is 127 g/mol. The lowest BCUT2D eigenvalue weighted by Gasteiger charge is -1.95. The van der Waals surface area contributed by atoms with E-state index in [2.05, 4.69) is 32.7 Å². The fourth-order valence-electron chi connectivity index (χ4n) is 1.59. The van der Waals surface area contributed by atoms with Crippen molar-refractivity contribution in [2.75, 3.05) is 7.05 Å². The predicted octanol–water partition coefficient (Wildman–Crippen LogP) is 1.88. The molecule has 1 nitrogen and oxygen atoms in total. The molecule has 0 aromatic carbocycles. The van der Waals surface area contributed by atoms with Gasteiger partial charge < -0.3 is 0 Å². The lowest BCUT2D eigenvalue weighted by Crippen LogP contribution is -2.04. The summed E-state index contributed by atoms with van der Waals surface area (Å²) in [5.74, 6) is 0.